The molecule has 7 heteroatoms. The quantitative estimate of drug-likeness (QED) is 0.901. The smallest absolute Gasteiger partial charge is 0.251 e. The summed E-state index contributed by atoms with van der Waals surface area (Å²) in [7, 11) is 0. The van der Waals surface area contributed by atoms with Gasteiger partial charge in [0.2, 0.25) is 12.7 Å². The van der Waals surface area contributed by atoms with Gasteiger partial charge in [-0.3, -0.25) is 9.59 Å². The number of fused-ring (bicyclic) bond motifs is 1. The number of ether oxygens (including phenoxy) is 2. The number of nitrogens with zero attached hydrogens (tertiary/aromatic N) is 1. The van der Waals surface area contributed by atoms with Gasteiger partial charge in [-0.05, 0) is 25.0 Å². The van der Waals surface area contributed by atoms with Crippen LogP contribution in [0.4, 0.5) is 0 Å². The molecule has 0 aliphatic carbocycles. The van der Waals surface area contributed by atoms with Crippen LogP contribution >= 0.6 is 11.6 Å². The zero-order valence-electron chi connectivity index (χ0n) is 12.2. The van der Waals surface area contributed by atoms with Gasteiger partial charge < -0.3 is 19.7 Å². The van der Waals surface area contributed by atoms with Crippen molar-refractivity contribution in [1.82, 2.24) is 10.2 Å². The topological polar surface area (TPSA) is 67.9 Å². The average molecular weight is 325 g/mol. The molecule has 1 saturated heterocycles. The molecule has 0 saturated carbocycles. The summed E-state index contributed by atoms with van der Waals surface area (Å²) < 4.78 is 10.5. The number of rotatable bonds is 2. The molecule has 2 heterocycles. The Morgan fingerprint density at radius 1 is 1.27 bits per heavy atom. The molecule has 6 nitrogen and oxygen atoms in total. The minimum absolute atomic E-state index is 0.0623. The highest BCUT2D eigenvalue weighted by Crippen LogP contribution is 2.39. The van der Waals surface area contributed by atoms with Crippen LogP contribution in [0, 0.1) is 0 Å². The van der Waals surface area contributed by atoms with E-state index in [0.717, 1.165) is 12.8 Å². The Morgan fingerprint density at radius 2 is 2.00 bits per heavy atom. The highest BCUT2D eigenvalue weighted by molar-refractivity contribution is 6.32. The number of hydrogen-bond acceptors (Lipinski definition) is 4. The Labute approximate surface area is 133 Å². The summed E-state index contributed by atoms with van der Waals surface area (Å²) in [6, 6.07) is 3.27. The normalized spacial score (nSPS) is 17.5. The summed E-state index contributed by atoms with van der Waals surface area (Å²) >= 11 is 6.09. The molecule has 0 aromatic heterocycles. The van der Waals surface area contributed by atoms with E-state index in [4.69, 9.17) is 21.1 Å². The van der Waals surface area contributed by atoms with Gasteiger partial charge >= 0.3 is 0 Å². The Bertz CT molecular complexity index is 612. The second-order valence-electron chi connectivity index (χ2n) is 5.45. The molecule has 2 aliphatic heterocycles. The van der Waals surface area contributed by atoms with E-state index in [2.05, 4.69) is 5.32 Å². The lowest BCUT2D eigenvalue weighted by Crippen LogP contribution is -2.46. The third-order valence-corrected chi connectivity index (χ3v) is 4.25. The van der Waals surface area contributed by atoms with Crippen LogP contribution < -0.4 is 14.8 Å². The number of carbonyl (C=O) groups is 2. The summed E-state index contributed by atoms with van der Waals surface area (Å²) in [6.45, 7) is 3.02. The molecular formula is C15H17ClN2O4. The number of piperidine rings is 1. The van der Waals surface area contributed by atoms with Crippen molar-refractivity contribution in [2.24, 2.45) is 0 Å². The van der Waals surface area contributed by atoms with Crippen LogP contribution in [0.1, 0.15) is 30.1 Å². The Morgan fingerprint density at radius 3 is 2.68 bits per heavy atom. The molecule has 0 spiro atoms. The first kappa shape index (κ1) is 15.0. The van der Waals surface area contributed by atoms with E-state index in [1.54, 1.807) is 24.0 Å². The van der Waals surface area contributed by atoms with Gasteiger partial charge in [-0.1, -0.05) is 11.6 Å². The minimum atomic E-state index is -0.193. The molecule has 3 rings (SSSR count). The van der Waals surface area contributed by atoms with Crippen LogP contribution in [0.25, 0.3) is 0 Å². The third kappa shape index (κ3) is 2.97. The van der Waals surface area contributed by atoms with Crippen molar-refractivity contribution in [3.63, 3.8) is 0 Å². The molecule has 0 radical (unpaired) electrons. The van der Waals surface area contributed by atoms with Crippen molar-refractivity contribution >= 4 is 23.4 Å². The molecule has 1 N–H and O–H groups in total. The Balaban J connectivity index is 1.63. The maximum absolute atomic E-state index is 12.3. The highest BCUT2D eigenvalue weighted by atomic mass is 35.5. The van der Waals surface area contributed by atoms with Crippen molar-refractivity contribution in [3.8, 4) is 11.5 Å². The summed E-state index contributed by atoms with van der Waals surface area (Å²) in [5, 5.41) is 3.35. The number of amides is 2. The monoisotopic (exact) mass is 324 g/mol. The summed E-state index contributed by atoms with van der Waals surface area (Å²) in [4.78, 5) is 25.4. The Kier molecular flexibility index (Phi) is 4.11. The van der Waals surface area contributed by atoms with E-state index >= 15 is 0 Å². The fourth-order valence-corrected chi connectivity index (χ4v) is 2.97. The van der Waals surface area contributed by atoms with Crippen molar-refractivity contribution in [2.45, 2.75) is 25.8 Å². The fraction of sp³-hybridized carbons (Fsp3) is 0.467. The van der Waals surface area contributed by atoms with Gasteiger partial charge in [-0.25, -0.2) is 0 Å². The Hall–Kier alpha value is -1.95. The molecule has 0 unspecified atom stereocenters. The minimum Gasteiger partial charge on any atom is -0.454 e. The van der Waals surface area contributed by atoms with Gasteiger partial charge in [-0.15, -0.1) is 0 Å². The summed E-state index contributed by atoms with van der Waals surface area (Å²) in [5.41, 5.74) is 0.447. The number of carbonyl (C=O) groups excluding carboxylic acids is 2. The maximum Gasteiger partial charge on any atom is 0.251 e. The molecule has 118 valence electrons. The average Bonchev–Trinajstić information content (AvgIpc) is 2.96. The first-order chi connectivity index (χ1) is 10.5. The summed E-state index contributed by atoms with van der Waals surface area (Å²) in [5.74, 6) is 0.853. The van der Waals surface area contributed by atoms with Crippen molar-refractivity contribution in [2.75, 3.05) is 19.9 Å². The van der Waals surface area contributed by atoms with Crippen LogP contribution in [-0.2, 0) is 4.79 Å². The van der Waals surface area contributed by atoms with Crippen LogP contribution in [0.3, 0.4) is 0 Å². The van der Waals surface area contributed by atoms with Gasteiger partial charge in [0.05, 0.1) is 5.02 Å². The molecule has 1 aromatic rings. The van der Waals surface area contributed by atoms with Crippen LogP contribution in [0.5, 0.6) is 11.5 Å². The highest BCUT2D eigenvalue weighted by Gasteiger charge is 2.24. The molecule has 1 fully saturated rings. The zero-order chi connectivity index (χ0) is 15.7. The van der Waals surface area contributed by atoms with Crippen molar-refractivity contribution in [1.29, 1.82) is 0 Å². The zero-order valence-corrected chi connectivity index (χ0v) is 13.0. The number of halogens is 1. The lowest BCUT2D eigenvalue weighted by atomic mass is 10.0. The molecule has 22 heavy (non-hydrogen) atoms. The molecule has 0 atom stereocenters. The second-order valence-corrected chi connectivity index (χ2v) is 5.85. The van der Waals surface area contributed by atoms with Gasteiger partial charge in [0.1, 0.15) is 0 Å². The molecule has 0 bridgehead atoms. The van der Waals surface area contributed by atoms with Crippen LogP contribution in [-0.4, -0.2) is 42.6 Å². The lowest BCUT2D eigenvalue weighted by Gasteiger charge is -2.31. The largest absolute Gasteiger partial charge is 0.454 e. The van der Waals surface area contributed by atoms with E-state index in [9.17, 15) is 9.59 Å². The number of hydrogen-bond donors (Lipinski definition) is 1. The van der Waals surface area contributed by atoms with E-state index in [1.807, 2.05) is 0 Å². The molecule has 2 aliphatic rings. The van der Waals surface area contributed by atoms with Crippen LogP contribution in [0.15, 0.2) is 12.1 Å². The number of nitrogens with one attached hydrogen (secondary N) is 1. The van der Waals surface area contributed by atoms with E-state index < -0.39 is 0 Å². The van der Waals surface area contributed by atoms with Crippen LogP contribution in [0.2, 0.25) is 5.02 Å². The standard InChI is InChI=1S/C15H17ClN2O4/c1-9(19)18-4-2-11(3-5-18)17-15(20)10-6-12(16)14-13(7-10)21-8-22-14/h6-7,11H,2-5,8H2,1H3,(H,17,20). The van der Waals surface area contributed by atoms with Gasteiger partial charge in [-0.2, -0.15) is 0 Å². The molecular weight excluding hydrogens is 308 g/mol. The SMILES string of the molecule is CC(=O)N1CCC(NC(=O)c2cc(Cl)c3c(c2)OCO3)CC1. The van der Waals surface area contributed by atoms with Crippen molar-refractivity contribution < 1.29 is 19.1 Å². The first-order valence-corrected chi connectivity index (χ1v) is 7.58. The number of likely N-dealkylation sites (tertiary alicyclic amines) is 1. The predicted molar refractivity (Wildman–Crippen MR) is 80.3 cm³/mol. The lowest BCUT2D eigenvalue weighted by molar-refractivity contribution is -0.129. The van der Waals surface area contributed by atoms with Gasteiger partial charge in [0, 0.05) is 31.6 Å². The first-order valence-electron chi connectivity index (χ1n) is 7.20. The van der Waals surface area contributed by atoms with E-state index in [1.165, 1.54) is 0 Å². The summed E-state index contributed by atoms with van der Waals surface area (Å²) in [6.07, 6.45) is 1.51. The second kappa shape index (κ2) is 6.04. The van der Waals surface area contributed by atoms with Crippen molar-refractivity contribution in [3.05, 3.63) is 22.7 Å². The maximum atomic E-state index is 12.3. The molecule has 1 aromatic carbocycles. The molecule has 2 amide bonds. The van der Waals surface area contributed by atoms with Gasteiger partial charge in [0.15, 0.2) is 11.5 Å². The van der Waals surface area contributed by atoms with Gasteiger partial charge in [0.25, 0.3) is 5.91 Å². The van der Waals surface area contributed by atoms with E-state index in [0.29, 0.717) is 35.2 Å². The van der Waals surface area contributed by atoms with E-state index in [-0.39, 0.29) is 24.6 Å². The predicted octanol–water partition coefficient (Wildman–Crippen LogP) is 1.81. The fourth-order valence-electron chi connectivity index (χ4n) is 2.71. The third-order valence-electron chi connectivity index (χ3n) is 3.96. The number of benzene rings is 1.